The van der Waals surface area contributed by atoms with Gasteiger partial charge in [0.15, 0.2) is 0 Å². The Hall–Kier alpha value is -4.58. The van der Waals surface area contributed by atoms with Crippen molar-refractivity contribution in [2.45, 2.75) is 25.3 Å². The highest BCUT2D eigenvalue weighted by molar-refractivity contribution is 6.20. The van der Waals surface area contributed by atoms with Crippen molar-refractivity contribution in [3.8, 4) is 0 Å². The van der Waals surface area contributed by atoms with E-state index in [9.17, 15) is 0 Å². The first-order valence-corrected chi connectivity index (χ1v) is 12.3. The smallest absolute Gasteiger partial charge is 0.0742 e. The second-order valence-corrected chi connectivity index (χ2v) is 9.40. The van der Waals surface area contributed by atoms with Gasteiger partial charge in [-0.1, -0.05) is 6.08 Å². The monoisotopic (exact) mass is 468 g/mol. The molecule has 7 rings (SSSR count). The van der Waals surface area contributed by atoms with Crippen LogP contribution in [0.4, 0.5) is 0 Å². The van der Waals surface area contributed by atoms with Crippen LogP contribution in [0.2, 0.25) is 0 Å². The number of nitrogens with zero attached hydrogens (tertiary/aromatic N) is 4. The summed E-state index contributed by atoms with van der Waals surface area (Å²) >= 11 is 0. The van der Waals surface area contributed by atoms with Crippen molar-refractivity contribution in [3.05, 3.63) is 112 Å². The van der Waals surface area contributed by atoms with Gasteiger partial charge in [0, 0.05) is 39.9 Å². The van der Waals surface area contributed by atoms with E-state index in [0.29, 0.717) is 0 Å². The minimum atomic E-state index is 0.140. The molecule has 2 aromatic heterocycles. The van der Waals surface area contributed by atoms with Crippen LogP contribution in [0.15, 0.2) is 110 Å². The molecule has 0 aromatic carbocycles. The zero-order valence-corrected chi connectivity index (χ0v) is 19.6. The summed E-state index contributed by atoms with van der Waals surface area (Å²) in [6, 6.07) is 8.48. The molecular weight excluding hydrogens is 444 g/mol. The van der Waals surface area contributed by atoms with Crippen LogP contribution in [0, 0.1) is 0 Å². The lowest BCUT2D eigenvalue weighted by Crippen LogP contribution is -2.10. The molecule has 2 N–H and O–H groups in total. The van der Waals surface area contributed by atoms with E-state index >= 15 is 0 Å². The zero-order chi connectivity index (χ0) is 23.9. The quantitative estimate of drug-likeness (QED) is 0.584. The van der Waals surface area contributed by atoms with Gasteiger partial charge < -0.3 is 9.97 Å². The highest BCUT2D eigenvalue weighted by Gasteiger charge is 2.18. The Morgan fingerprint density at radius 1 is 0.611 bits per heavy atom. The van der Waals surface area contributed by atoms with Crippen LogP contribution in [0.3, 0.4) is 0 Å². The normalized spacial score (nSPS) is 24.9. The van der Waals surface area contributed by atoms with Crippen molar-refractivity contribution in [1.29, 1.82) is 0 Å². The third-order valence-electron chi connectivity index (χ3n) is 6.58. The lowest BCUT2D eigenvalue weighted by molar-refractivity contribution is 0.867. The third-order valence-corrected chi connectivity index (χ3v) is 6.58. The lowest BCUT2D eigenvalue weighted by Gasteiger charge is -2.03. The SMILES string of the molecule is C1=CC2=NC1=CC1=N/C(=C\C3=NC(C=C3)CC3=N/C(=C\c4ccc([nH]4)C=c4ccc([nH]4)=C2)CC3)C=C1. The number of H-pyrrole nitrogens is 2. The summed E-state index contributed by atoms with van der Waals surface area (Å²) < 4.78 is 0. The Morgan fingerprint density at radius 3 is 2.17 bits per heavy atom. The van der Waals surface area contributed by atoms with E-state index in [4.69, 9.17) is 20.0 Å². The molecular formula is C30H24N6. The van der Waals surface area contributed by atoms with E-state index < -0.39 is 0 Å². The molecule has 0 saturated heterocycles. The van der Waals surface area contributed by atoms with E-state index in [-0.39, 0.29) is 6.04 Å². The van der Waals surface area contributed by atoms with Gasteiger partial charge in [-0.3, -0.25) is 9.98 Å². The molecule has 0 aliphatic carbocycles. The molecule has 7 heterocycles. The number of fused-ring (bicyclic) bond motifs is 8. The Balaban J connectivity index is 1.27. The molecule has 0 saturated carbocycles. The number of hydrogen-bond donors (Lipinski definition) is 2. The van der Waals surface area contributed by atoms with Crippen LogP contribution < -0.4 is 10.7 Å². The lowest BCUT2D eigenvalue weighted by atomic mass is 10.1. The van der Waals surface area contributed by atoms with Crippen LogP contribution in [-0.2, 0) is 0 Å². The van der Waals surface area contributed by atoms with Gasteiger partial charge in [0.1, 0.15) is 0 Å². The van der Waals surface area contributed by atoms with Gasteiger partial charge in [-0.2, -0.15) is 0 Å². The molecule has 0 fully saturated rings. The first kappa shape index (κ1) is 20.8. The molecule has 174 valence electrons. The van der Waals surface area contributed by atoms with Crippen molar-refractivity contribution >= 4 is 41.1 Å². The molecule has 6 heteroatoms. The second kappa shape index (κ2) is 8.57. The maximum Gasteiger partial charge on any atom is 0.0742 e. The summed E-state index contributed by atoms with van der Waals surface area (Å²) in [5.74, 6) is 0. The molecule has 2 aromatic rings. The number of allylic oxidation sites excluding steroid dienone is 8. The number of hydrogen-bond acceptors (Lipinski definition) is 4. The summed E-state index contributed by atoms with van der Waals surface area (Å²) in [4.78, 5) is 26.2. The van der Waals surface area contributed by atoms with E-state index in [1.165, 1.54) is 5.71 Å². The summed E-state index contributed by atoms with van der Waals surface area (Å²) in [5, 5.41) is 2.04. The van der Waals surface area contributed by atoms with Crippen molar-refractivity contribution in [2.75, 3.05) is 0 Å². The topological polar surface area (TPSA) is 81.0 Å². The summed E-state index contributed by atoms with van der Waals surface area (Å²) in [6.45, 7) is 0. The van der Waals surface area contributed by atoms with Gasteiger partial charge in [0.05, 0.1) is 34.6 Å². The Bertz CT molecular complexity index is 1700. The van der Waals surface area contributed by atoms with Crippen LogP contribution >= 0.6 is 0 Å². The first-order valence-electron chi connectivity index (χ1n) is 12.3. The predicted molar refractivity (Wildman–Crippen MR) is 148 cm³/mol. The fourth-order valence-corrected chi connectivity index (χ4v) is 4.88. The maximum atomic E-state index is 4.90. The van der Waals surface area contributed by atoms with Crippen molar-refractivity contribution in [2.24, 2.45) is 20.0 Å². The fourth-order valence-electron chi connectivity index (χ4n) is 4.88. The van der Waals surface area contributed by atoms with Crippen LogP contribution in [0.25, 0.3) is 18.2 Å². The van der Waals surface area contributed by atoms with E-state index in [1.54, 1.807) is 0 Å². The molecule has 0 spiro atoms. The average Bonchev–Trinajstić information content (AvgIpc) is 3.68. The minimum Gasteiger partial charge on any atom is -0.355 e. The van der Waals surface area contributed by atoms with Gasteiger partial charge in [-0.25, -0.2) is 9.98 Å². The van der Waals surface area contributed by atoms with Crippen molar-refractivity contribution < 1.29 is 0 Å². The largest absolute Gasteiger partial charge is 0.355 e. The Labute approximate surface area is 208 Å². The molecule has 12 bridgehead atoms. The van der Waals surface area contributed by atoms with Crippen LogP contribution in [0.5, 0.6) is 0 Å². The standard InChI is InChI=1S/C30H24N6/c1-2-20-14-22-5-6-24(33-22)16-26-9-10-28(35-26)18-30-12-11-29(36-30)17-27-8-7-25(34-27)15-23-4-3-21(32-23)13-19(1)31-20/h1-10,13-17,28,32,34H,11-12,18H2/b20-14?,21-13?,23-15?,24-16-,29-17-. The minimum absolute atomic E-state index is 0.140. The highest BCUT2D eigenvalue weighted by atomic mass is 14.9. The predicted octanol–water partition coefficient (Wildman–Crippen LogP) is 4.10. The van der Waals surface area contributed by atoms with Crippen LogP contribution in [-0.4, -0.2) is 38.9 Å². The van der Waals surface area contributed by atoms with Gasteiger partial charge in [0.25, 0.3) is 0 Å². The van der Waals surface area contributed by atoms with Crippen molar-refractivity contribution in [3.63, 3.8) is 0 Å². The Morgan fingerprint density at radius 2 is 1.33 bits per heavy atom. The number of aromatic nitrogens is 2. The Kier molecular flexibility index (Phi) is 4.94. The molecule has 36 heavy (non-hydrogen) atoms. The van der Waals surface area contributed by atoms with Crippen LogP contribution in [0.1, 0.15) is 30.7 Å². The molecule has 1 atom stereocenters. The molecule has 1 unspecified atom stereocenters. The molecule has 5 aliphatic rings. The molecule has 0 radical (unpaired) electrons. The number of aliphatic imine (C=N–C) groups is 4. The average molecular weight is 469 g/mol. The molecule has 0 amide bonds. The van der Waals surface area contributed by atoms with Gasteiger partial charge in [0.2, 0.25) is 0 Å². The second-order valence-electron chi connectivity index (χ2n) is 9.40. The molecule has 6 nitrogen and oxygen atoms in total. The summed E-state index contributed by atoms with van der Waals surface area (Å²) in [5.41, 5.74) is 9.00. The van der Waals surface area contributed by atoms with E-state index in [1.807, 2.05) is 42.5 Å². The van der Waals surface area contributed by atoms with Gasteiger partial charge >= 0.3 is 0 Å². The third kappa shape index (κ3) is 4.41. The van der Waals surface area contributed by atoms with E-state index in [2.05, 4.69) is 58.5 Å². The zero-order valence-electron chi connectivity index (χ0n) is 19.6. The van der Waals surface area contributed by atoms with E-state index in [0.717, 1.165) is 75.6 Å². The highest BCUT2D eigenvalue weighted by Crippen LogP contribution is 2.24. The van der Waals surface area contributed by atoms with Gasteiger partial charge in [-0.15, -0.1) is 0 Å². The number of nitrogens with one attached hydrogen (secondary N) is 2. The fraction of sp³-hybridized carbons (Fsp3) is 0.133. The van der Waals surface area contributed by atoms with Crippen molar-refractivity contribution in [1.82, 2.24) is 9.97 Å². The summed E-state index contributed by atoms with van der Waals surface area (Å²) in [6.07, 6.45) is 25.5. The first-order chi connectivity index (χ1) is 17.7. The van der Waals surface area contributed by atoms with Gasteiger partial charge in [-0.05, 0) is 97.9 Å². The number of rotatable bonds is 0. The maximum absolute atomic E-state index is 4.90. The number of aromatic amines is 2. The molecule has 5 aliphatic heterocycles. The summed E-state index contributed by atoms with van der Waals surface area (Å²) in [7, 11) is 0.